The highest BCUT2D eigenvalue weighted by molar-refractivity contribution is 5.90. The van der Waals surface area contributed by atoms with Gasteiger partial charge in [0.2, 0.25) is 11.8 Å². The van der Waals surface area contributed by atoms with Crippen molar-refractivity contribution in [3.05, 3.63) is 30.1 Å². The van der Waals surface area contributed by atoms with Crippen molar-refractivity contribution in [1.82, 2.24) is 15.2 Å². The van der Waals surface area contributed by atoms with Gasteiger partial charge >= 0.3 is 5.97 Å². The number of aromatic nitrogens is 1. The van der Waals surface area contributed by atoms with Crippen LogP contribution >= 0.6 is 12.4 Å². The number of carbonyl (C=O) groups is 3. The molecule has 0 unspecified atom stereocenters. The zero-order chi connectivity index (χ0) is 57.8. The average molecular weight is 1210 g/mol. The molecule has 0 spiro atoms. The molecule has 0 saturated carbocycles. The SMILES string of the molecule is CN1C(=O)C[C@H](C(=O)NCCOCCOCCOCCOCCOCCOCCOCCOCCOCCOCCOCCOCCOCCOCCOCCOCCOCCOCCOCCOCCC(=O)O)[C@H]1c1cccnc1.Cl. The average Bonchev–Trinajstić information content (AvgIpc) is 4.03. The van der Waals surface area contributed by atoms with Crippen LogP contribution in [-0.4, -0.2) is 311 Å². The predicted octanol–water partition coefficient (Wildman–Crippen LogP) is 0.946. The third-order valence-electron chi connectivity index (χ3n) is 11.0. The maximum atomic E-state index is 12.8. The van der Waals surface area contributed by atoms with Crippen molar-refractivity contribution in [2.75, 3.05) is 278 Å². The molecule has 2 rings (SSSR count). The lowest BCUT2D eigenvalue weighted by Gasteiger charge is -2.24. The van der Waals surface area contributed by atoms with E-state index in [1.165, 1.54) is 0 Å². The minimum absolute atomic E-state index is 0. The summed E-state index contributed by atoms with van der Waals surface area (Å²) in [5, 5.41) is 11.4. The van der Waals surface area contributed by atoms with E-state index in [1.54, 1.807) is 30.4 Å². The van der Waals surface area contributed by atoms with Gasteiger partial charge in [-0.2, -0.15) is 0 Å². The standard InChI is InChI=1S/C54H97N3O24.ClH/c1-57-51(58)47-50(53(57)49-3-2-5-55-48-49)54(61)56-6-8-63-10-12-65-14-16-67-18-20-69-22-24-71-26-28-73-30-32-75-34-36-77-38-40-79-42-44-81-46-45-80-43-41-78-39-37-76-35-33-74-31-29-72-27-25-70-23-21-68-19-17-66-15-13-64-11-9-62-7-4-52(59)60;/h2-3,5,48,50,53H,4,6-47H2,1H3,(H,56,61)(H,59,60);1H/t50-,53+;/m0./s1. The summed E-state index contributed by atoms with van der Waals surface area (Å²) in [6.07, 6.45) is 3.52. The van der Waals surface area contributed by atoms with Crippen molar-refractivity contribution in [3.63, 3.8) is 0 Å². The number of amides is 2. The molecule has 2 amide bonds. The molecule has 0 bridgehead atoms. The number of carboxylic acid groups (broad SMARTS) is 1. The van der Waals surface area contributed by atoms with Gasteiger partial charge < -0.3 is 110 Å². The summed E-state index contributed by atoms with van der Waals surface area (Å²) in [5.41, 5.74) is 0.842. The summed E-state index contributed by atoms with van der Waals surface area (Å²) >= 11 is 0. The molecule has 82 heavy (non-hydrogen) atoms. The van der Waals surface area contributed by atoms with E-state index in [2.05, 4.69) is 10.3 Å². The van der Waals surface area contributed by atoms with Gasteiger partial charge in [-0.25, -0.2) is 0 Å². The highest BCUT2D eigenvalue weighted by atomic mass is 35.5. The van der Waals surface area contributed by atoms with E-state index in [1.807, 2.05) is 6.07 Å². The first kappa shape index (κ1) is 77.1. The number of ether oxygens (including phenoxy) is 20. The number of hydrogen-bond donors (Lipinski definition) is 2. The van der Waals surface area contributed by atoms with E-state index >= 15 is 0 Å². The fourth-order valence-electron chi connectivity index (χ4n) is 6.93. The minimum atomic E-state index is -0.881. The molecular weight excluding hydrogens is 1110 g/mol. The predicted molar refractivity (Wildman–Crippen MR) is 297 cm³/mol. The third kappa shape index (κ3) is 49.3. The number of nitrogens with one attached hydrogen (secondary N) is 1. The Hall–Kier alpha value is -2.95. The van der Waals surface area contributed by atoms with E-state index in [0.29, 0.717) is 264 Å². The van der Waals surface area contributed by atoms with E-state index < -0.39 is 11.9 Å². The van der Waals surface area contributed by atoms with Crippen molar-refractivity contribution in [2.45, 2.75) is 18.9 Å². The zero-order valence-corrected chi connectivity index (χ0v) is 49.3. The summed E-state index contributed by atoms with van der Waals surface area (Å²) in [7, 11) is 1.71. The molecule has 0 aromatic carbocycles. The van der Waals surface area contributed by atoms with Crippen LogP contribution in [0.1, 0.15) is 24.4 Å². The first-order valence-electron chi connectivity index (χ1n) is 28.2. The molecule has 0 radical (unpaired) electrons. The molecule has 2 atom stereocenters. The second-order valence-corrected chi connectivity index (χ2v) is 17.2. The van der Waals surface area contributed by atoms with E-state index in [0.717, 1.165) is 5.56 Å². The molecule has 2 N–H and O–H groups in total. The number of carbonyl (C=O) groups excluding carboxylic acids is 2. The Balaban J connectivity index is 0.0000336. The molecule has 1 aliphatic rings. The number of halogens is 1. The highest BCUT2D eigenvalue weighted by Gasteiger charge is 2.42. The van der Waals surface area contributed by atoms with Crippen molar-refractivity contribution in [2.24, 2.45) is 5.92 Å². The number of likely N-dealkylation sites (tertiary alicyclic amines) is 1. The van der Waals surface area contributed by atoms with Gasteiger partial charge in [0.05, 0.1) is 283 Å². The first-order chi connectivity index (χ1) is 40.0. The highest BCUT2D eigenvalue weighted by Crippen LogP contribution is 2.36. The van der Waals surface area contributed by atoms with Crippen LogP contribution in [0.5, 0.6) is 0 Å². The van der Waals surface area contributed by atoms with Crippen LogP contribution in [-0.2, 0) is 109 Å². The van der Waals surface area contributed by atoms with E-state index in [-0.39, 0.29) is 49.7 Å². The number of carboxylic acids is 1. The molecule has 0 aliphatic carbocycles. The topological polar surface area (TPSA) is 284 Å². The van der Waals surface area contributed by atoms with Crippen molar-refractivity contribution >= 4 is 30.2 Å². The van der Waals surface area contributed by atoms with Gasteiger partial charge in [-0.05, 0) is 11.6 Å². The molecule has 28 heteroatoms. The lowest BCUT2D eigenvalue weighted by molar-refractivity contribution is -0.138. The fourth-order valence-corrected chi connectivity index (χ4v) is 6.93. The number of aliphatic carboxylic acids is 1. The van der Waals surface area contributed by atoms with E-state index in [4.69, 9.17) is 99.8 Å². The maximum absolute atomic E-state index is 12.8. The Labute approximate surface area is 491 Å². The smallest absolute Gasteiger partial charge is 0.305 e. The minimum Gasteiger partial charge on any atom is -0.481 e. The molecule has 27 nitrogen and oxygen atoms in total. The van der Waals surface area contributed by atoms with Gasteiger partial charge in [0.1, 0.15) is 0 Å². The molecular formula is C54H98ClN3O24. The maximum Gasteiger partial charge on any atom is 0.305 e. The Kier molecular flexibility index (Phi) is 57.5. The summed E-state index contributed by atoms with van der Waals surface area (Å²) in [4.78, 5) is 41.2. The van der Waals surface area contributed by atoms with Gasteiger partial charge in [0.15, 0.2) is 0 Å². The second kappa shape index (κ2) is 61.1. The Morgan fingerprint density at radius 3 is 0.915 bits per heavy atom. The van der Waals surface area contributed by atoms with Crippen molar-refractivity contribution in [3.8, 4) is 0 Å². The summed E-state index contributed by atoms with van der Waals surface area (Å²) in [5.74, 6) is -1.59. The first-order valence-corrected chi connectivity index (χ1v) is 28.2. The molecule has 1 fully saturated rings. The quantitative estimate of drug-likeness (QED) is 0.0859. The monoisotopic (exact) mass is 1210 g/mol. The number of hydrogen-bond acceptors (Lipinski definition) is 24. The number of rotatable bonds is 65. The number of nitrogens with zero attached hydrogens (tertiary/aromatic N) is 2. The molecule has 1 saturated heterocycles. The molecule has 2 heterocycles. The van der Waals surface area contributed by atoms with Gasteiger partial charge in [0, 0.05) is 32.4 Å². The fraction of sp³-hybridized carbons (Fsp3) is 0.852. The van der Waals surface area contributed by atoms with Crippen LogP contribution < -0.4 is 5.32 Å². The Morgan fingerprint density at radius 1 is 0.439 bits per heavy atom. The molecule has 1 aromatic rings. The Bertz CT molecular complexity index is 1540. The second-order valence-electron chi connectivity index (χ2n) is 17.2. The van der Waals surface area contributed by atoms with Crippen molar-refractivity contribution < 1.29 is 114 Å². The van der Waals surface area contributed by atoms with Gasteiger partial charge in [-0.15, -0.1) is 12.4 Å². The van der Waals surface area contributed by atoms with Crippen LogP contribution in [0.2, 0.25) is 0 Å². The van der Waals surface area contributed by atoms with Gasteiger partial charge in [-0.3, -0.25) is 19.4 Å². The van der Waals surface area contributed by atoms with Crippen LogP contribution in [0, 0.1) is 5.92 Å². The molecule has 1 aliphatic heterocycles. The normalized spacial score (nSPS) is 14.3. The van der Waals surface area contributed by atoms with Crippen LogP contribution in [0.4, 0.5) is 0 Å². The van der Waals surface area contributed by atoms with Crippen LogP contribution in [0.15, 0.2) is 24.5 Å². The van der Waals surface area contributed by atoms with Gasteiger partial charge in [-0.1, -0.05) is 6.07 Å². The molecule has 1 aromatic heterocycles. The summed E-state index contributed by atoms with van der Waals surface area (Å²) in [6, 6.07) is 3.35. The number of pyridine rings is 1. The lowest BCUT2D eigenvalue weighted by Crippen LogP contribution is -2.36. The summed E-state index contributed by atoms with van der Waals surface area (Å²) < 4.78 is 110. The third-order valence-corrected chi connectivity index (χ3v) is 11.0. The van der Waals surface area contributed by atoms with Crippen LogP contribution in [0.25, 0.3) is 0 Å². The van der Waals surface area contributed by atoms with E-state index in [9.17, 15) is 14.4 Å². The molecule has 480 valence electrons. The van der Waals surface area contributed by atoms with Gasteiger partial charge in [0.25, 0.3) is 0 Å². The summed E-state index contributed by atoms with van der Waals surface area (Å²) in [6.45, 7) is 18.3. The largest absolute Gasteiger partial charge is 0.481 e. The van der Waals surface area contributed by atoms with Crippen LogP contribution in [0.3, 0.4) is 0 Å². The lowest BCUT2D eigenvalue weighted by atomic mass is 9.94. The van der Waals surface area contributed by atoms with Crippen molar-refractivity contribution in [1.29, 1.82) is 0 Å². The zero-order valence-electron chi connectivity index (χ0n) is 48.5. The Morgan fingerprint density at radius 2 is 0.683 bits per heavy atom.